The molecule has 1 spiro atoms. The van der Waals surface area contributed by atoms with E-state index in [9.17, 15) is 4.79 Å². The van der Waals surface area contributed by atoms with E-state index in [0.29, 0.717) is 18.3 Å². The Balaban J connectivity index is 1.29. The van der Waals surface area contributed by atoms with Gasteiger partial charge in [0.15, 0.2) is 0 Å². The average Bonchev–Trinajstić information content (AvgIpc) is 3.24. The number of fused-ring (bicyclic) bond motifs is 4. The van der Waals surface area contributed by atoms with Crippen LogP contribution in [0.25, 0.3) is 11.0 Å². The van der Waals surface area contributed by atoms with Gasteiger partial charge in [0.05, 0.1) is 23.6 Å². The molecule has 2 fully saturated rings. The molecule has 0 atom stereocenters. The van der Waals surface area contributed by atoms with Crippen LogP contribution in [-0.2, 0) is 5.54 Å². The zero-order valence-electron chi connectivity index (χ0n) is 19.0. The highest BCUT2D eigenvalue weighted by Crippen LogP contribution is 2.40. The van der Waals surface area contributed by atoms with Crippen molar-refractivity contribution in [2.75, 3.05) is 50.0 Å². The van der Waals surface area contributed by atoms with Crippen LogP contribution in [0.4, 0.5) is 17.5 Å². The Hall–Kier alpha value is -3.20. The highest BCUT2D eigenvalue weighted by atomic mass is 16.2. The van der Waals surface area contributed by atoms with Gasteiger partial charge >= 0.3 is 0 Å². The van der Waals surface area contributed by atoms with Crippen LogP contribution in [0.2, 0.25) is 0 Å². The van der Waals surface area contributed by atoms with E-state index in [2.05, 4.69) is 42.0 Å². The summed E-state index contributed by atoms with van der Waals surface area (Å²) in [5, 5.41) is 7.37. The molecule has 1 aliphatic carbocycles. The molecule has 3 aromatic heterocycles. The van der Waals surface area contributed by atoms with Gasteiger partial charge in [-0.2, -0.15) is 0 Å². The van der Waals surface area contributed by atoms with Crippen molar-refractivity contribution in [2.45, 2.75) is 37.6 Å². The van der Waals surface area contributed by atoms with E-state index in [1.165, 1.54) is 19.3 Å². The Morgan fingerprint density at radius 1 is 1.03 bits per heavy atom. The predicted molar refractivity (Wildman–Crippen MR) is 128 cm³/mol. The van der Waals surface area contributed by atoms with E-state index in [1.54, 1.807) is 0 Å². The van der Waals surface area contributed by atoms with Crippen LogP contribution in [0, 0.1) is 0 Å². The number of carbonyl (C=O) groups excluding carboxylic acids is 1. The van der Waals surface area contributed by atoms with Gasteiger partial charge in [-0.3, -0.25) is 4.79 Å². The summed E-state index contributed by atoms with van der Waals surface area (Å²) in [5.41, 5.74) is 2.55. The topological polar surface area (TPSA) is 91.2 Å². The maximum absolute atomic E-state index is 12.6. The van der Waals surface area contributed by atoms with Crippen molar-refractivity contribution in [1.29, 1.82) is 0 Å². The lowest BCUT2D eigenvalue weighted by Crippen LogP contribution is -2.52. The zero-order valence-corrected chi connectivity index (χ0v) is 19.0. The smallest absolute Gasteiger partial charge is 0.268 e. The number of likely N-dealkylation sites (N-methyl/N-ethyl adjacent to an activating group) is 1. The number of hydrogen-bond donors (Lipinski definition) is 2. The zero-order chi connectivity index (χ0) is 22.4. The van der Waals surface area contributed by atoms with Crippen molar-refractivity contribution in [3.8, 4) is 0 Å². The van der Waals surface area contributed by atoms with Crippen LogP contribution in [0.3, 0.4) is 0 Å². The maximum Gasteiger partial charge on any atom is 0.268 e. The predicted octanol–water partition coefficient (Wildman–Crippen LogP) is 2.72. The van der Waals surface area contributed by atoms with E-state index in [1.807, 2.05) is 30.6 Å². The minimum Gasteiger partial charge on any atom is -0.366 e. The largest absolute Gasteiger partial charge is 0.366 e. The molecule has 2 N–H and O–H groups in total. The van der Waals surface area contributed by atoms with Crippen molar-refractivity contribution in [3.05, 3.63) is 36.3 Å². The molecule has 9 heteroatoms. The lowest BCUT2D eigenvalue weighted by atomic mass is 9.80. The van der Waals surface area contributed by atoms with Crippen LogP contribution in [-0.4, -0.2) is 70.1 Å². The number of amides is 1. The van der Waals surface area contributed by atoms with Crippen molar-refractivity contribution in [2.24, 2.45) is 0 Å². The molecule has 172 valence electrons. The van der Waals surface area contributed by atoms with Crippen molar-refractivity contribution < 1.29 is 4.79 Å². The van der Waals surface area contributed by atoms with E-state index in [-0.39, 0.29) is 11.4 Å². The molecule has 0 radical (unpaired) electrons. The van der Waals surface area contributed by atoms with Gasteiger partial charge in [0.25, 0.3) is 5.91 Å². The third kappa shape index (κ3) is 3.60. The summed E-state index contributed by atoms with van der Waals surface area (Å²) in [4.78, 5) is 31.3. The lowest BCUT2D eigenvalue weighted by molar-refractivity contribution is 0.0833. The molecule has 33 heavy (non-hydrogen) atoms. The third-order valence-corrected chi connectivity index (χ3v) is 7.47. The molecule has 2 aliphatic heterocycles. The standard InChI is InChI=1S/C24H30N8O/c1-30-9-11-31(12-10-30)18-14-25-23(26-15-18)29-20-6-5-17-13-19-22(33)27-16-24(7-3-2-4-8-24)32(19)21(17)28-20/h5-6,13-15H,2-4,7-12,16H2,1H3,(H,27,33)(H,25,26,28,29). The van der Waals surface area contributed by atoms with Crippen LogP contribution in [0.5, 0.6) is 0 Å². The number of hydrogen-bond acceptors (Lipinski definition) is 7. The normalized spacial score (nSPS) is 20.6. The Morgan fingerprint density at radius 3 is 2.55 bits per heavy atom. The summed E-state index contributed by atoms with van der Waals surface area (Å²) in [6, 6.07) is 5.92. The van der Waals surface area contributed by atoms with Crippen molar-refractivity contribution in [1.82, 2.24) is 29.7 Å². The highest BCUT2D eigenvalue weighted by molar-refractivity contribution is 5.99. The SMILES string of the molecule is CN1CCN(c2cnc(Nc3ccc4cc5n(c4n3)C3(CCCCC3)CNC5=O)nc2)CC1. The molecule has 0 unspecified atom stereocenters. The quantitative estimate of drug-likeness (QED) is 0.639. The molecule has 1 saturated carbocycles. The number of nitrogens with one attached hydrogen (secondary N) is 2. The summed E-state index contributed by atoms with van der Waals surface area (Å²) in [7, 11) is 2.15. The number of aromatic nitrogens is 4. The second kappa shape index (κ2) is 7.98. The van der Waals surface area contributed by atoms with Crippen LogP contribution in [0.15, 0.2) is 30.6 Å². The fourth-order valence-electron chi connectivity index (χ4n) is 5.55. The summed E-state index contributed by atoms with van der Waals surface area (Å²) in [6.45, 7) is 4.74. The molecule has 1 saturated heterocycles. The van der Waals surface area contributed by atoms with Crippen LogP contribution < -0.4 is 15.5 Å². The van der Waals surface area contributed by atoms with Gasteiger partial charge in [0.1, 0.15) is 17.2 Å². The summed E-state index contributed by atoms with van der Waals surface area (Å²) >= 11 is 0. The van der Waals surface area contributed by atoms with Crippen molar-refractivity contribution in [3.63, 3.8) is 0 Å². The first-order valence-corrected chi connectivity index (χ1v) is 12.0. The van der Waals surface area contributed by atoms with Crippen LogP contribution in [0.1, 0.15) is 42.6 Å². The number of carbonyl (C=O) groups is 1. The minimum atomic E-state index is -0.0739. The van der Waals surface area contributed by atoms with Gasteiger partial charge in [-0.15, -0.1) is 0 Å². The Kier molecular flexibility index (Phi) is 4.94. The maximum atomic E-state index is 12.6. The summed E-state index contributed by atoms with van der Waals surface area (Å²) in [5.74, 6) is 1.20. The van der Waals surface area contributed by atoms with E-state index in [4.69, 9.17) is 4.98 Å². The Labute approximate surface area is 193 Å². The van der Waals surface area contributed by atoms with Gasteiger partial charge in [-0.1, -0.05) is 19.3 Å². The minimum absolute atomic E-state index is 0.0125. The molecule has 3 aromatic rings. The van der Waals surface area contributed by atoms with Gasteiger partial charge in [-0.25, -0.2) is 15.0 Å². The fraction of sp³-hybridized carbons (Fsp3) is 0.500. The molecule has 9 nitrogen and oxygen atoms in total. The average molecular weight is 447 g/mol. The van der Waals surface area contributed by atoms with E-state index in [0.717, 1.165) is 61.4 Å². The first-order chi connectivity index (χ1) is 16.1. The Bertz CT molecular complexity index is 1170. The monoisotopic (exact) mass is 446 g/mol. The molecule has 5 heterocycles. The molecule has 6 rings (SSSR count). The molecule has 0 bridgehead atoms. The molecular formula is C24H30N8O. The number of rotatable bonds is 3. The van der Waals surface area contributed by atoms with Gasteiger partial charge in [0, 0.05) is 38.1 Å². The molecule has 1 amide bonds. The van der Waals surface area contributed by atoms with Crippen LogP contribution >= 0.6 is 0 Å². The van der Waals surface area contributed by atoms with E-state index >= 15 is 0 Å². The third-order valence-electron chi connectivity index (χ3n) is 7.47. The van der Waals surface area contributed by atoms with Gasteiger partial charge < -0.3 is 25.0 Å². The molecule has 0 aromatic carbocycles. The number of anilines is 3. The number of nitrogens with zero attached hydrogens (tertiary/aromatic N) is 6. The fourth-order valence-corrected chi connectivity index (χ4v) is 5.55. The first-order valence-electron chi connectivity index (χ1n) is 12.0. The molecule has 3 aliphatic rings. The van der Waals surface area contributed by atoms with Gasteiger partial charge in [-0.05, 0) is 38.1 Å². The second-order valence-electron chi connectivity index (χ2n) is 9.62. The van der Waals surface area contributed by atoms with Crippen molar-refractivity contribution >= 4 is 34.4 Å². The lowest BCUT2D eigenvalue weighted by Gasteiger charge is -2.42. The number of piperazine rings is 1. The van der Waals surface area contributed by atoms with Gasteiger partial charge in [0.2, 0.25) is 5.95 Å². The highest BCUT2D eigenvalue weighted by Gasteiger charge is 2.41. The Morgan fingerprint density at radius 2 is 1.79 bits per heavy atom. The summed E-state index contributed by atoms with van der Waals surface area (Å²) < 4.78 is 2.21. The number of pyridine rings is 1. The second-order valence-corrected chi connectivity index (χ2v) is 9.62. The molecular weight excluding hydrogens is 416 g/mol. The summed E-state index contributed by atoms with van der Waals surface area (Å²) in [6.07, 6.45) is 9.51. The first kappa shape index (κ1) is 20.4. The van der Waals surface area contributed by atoms with E-state index < -0.39 is 0 Å².